The molecule has 2 rings (SSSR count). The van der Waals surface area contributed by atoms with Crippen LogP contribution >= 0.6 is 0 Å². The van der Waals surface area contributed by atoms with E-state index < -0.39 is 0 Å². The minimum absolute atomic E-state index is 0.209. The third-order valence-electron chi connectivity index (χ3n) is 2.00. The Labute approximate surface area is 92.3 Å². The average molecular weight is 214 g/mol. The van der Waals surface area contributed by atoms with Gasteiger partial charge in [0.1, 0.15) is 11.9 Å². The van der Waals surface area contributed by atoms with Gasteiger partial charge in [0.15, 0.2) is 11.5 Å². The van der Waals surface area contributed by atoms with Crippen molar-refractivity contribution < 1.29 is 0 Å². The molecular formula is C10H10N6. The van der Waals surface area contributed by atoms with Gasteiger partial charge in [-0.25, -0.2) is 4.98 Å². The van der Waals surface area contributed by atoms with Crippen molar-refractivity contribution in [3.63, 3.8) is 0 Å². The van der Waals surface area contributed by atoms with E-state index in [0.29, 0.717) is 17.3 Å². The highest BCUT2D eigenvalue weighted by molar-refractivity contribution is 5.58. The van der Waals surface area contributed by atoms with Crippen molar-refractivity contribution >= 4 is 17.3 Å². The molecule has 2 aromatic heterocycles. The highest BCUT2D eigenvalue weighted by atomic mass is 15.3. The lowest BCUT2D eigenvalue weighted by atomic mass is 10.3. The number of hydrogen-bond donors (Lipinski definition) is 2. The number of nitrogens with two attached hydrogens (primary N) is 1. The van der Waals surface area contributed by atoms with Crippen LogP contribution in [0.15, 0.2) is 24.4 Å². The lowest BCUT2D eigenvalue weighted by Gasteiger charge is -2.03. The number of nitrogens with one attached hydrogen (secondary N) is 1. The highest BCUT2D eigenvalue weighted by Crippen LogP contribution is 2.15. The van der Waals surface area contributed by atoms with Gasteiger partial charge in [0.25, 0.3) is 0 Å². The first-order valence-electron chi connectivity index (χ1n) is 4.62. The summed E-state index contributed by atoms with van der Waals surface area (Å²) in [5.41, 5.74) is 6.14. The van der Waals surface area contributed by atoms with E-state index in [0.717, 1.165) is 0 Å². The summed E-state index contributed by atoms with van der Waals surface area (Å²) in [7, 11) is 1.82. The molecule has 0 aromatic carbocycles. The van der Waals surface area contributed by atoms with Crippen LogP contribution in [0.3, 0.4) is 0 Å². The van der Waals surface area contributed by atoms with Crippen LogP contribution in [-0.4, -0.2) is 14.8 Å². The minimum Gasteiger partial charge on any atom is -0.396 e. The Hall–Kier alpha value is -2.55. The first kappa shape index (κ1) is 9.98. The minimum atomic E-state index is 0.209. The molecule has 6 nitrogen and oxygen atoms in total. The second-order valence-corrected chi connectivity index (χ2v) is 3.25. The van der Waals surface area contributed by atoms with Crippen molar-refractivity contribution in [3.8, 4) is 6.07 Å². The Balaban J connectivity index is 2.26. The zero-order valence-corrected chi connectivity index (χ0v) is 8.68. The van der Waals surface area contributed by atoms with E-state index in [1.165, 1.54) is 0 Å². The van der Waals surface area contributed by atoms with Crippen LogP contribution in [0.5, 0.6) is 0 Å². The van der Waals surface area contributed by atoms with Gasteiger partial charge in [0.2, 0.25) is 0 Å². The quantitative estimate of drug-likeness (QED) is 0.778. The molecule has 3 N–H and O–H groups in total. The zero-order chi connectivity index (χ0) is 11.5. The Kier molecular flexibility index (Phi) is 2.44. The van der Waals surface area contributed by atoms with Crippen LogP contribution in [0, 0.1) is 11.3 Å². The first-order valence-corrected chi connectivity index (χ1v) is 4.62. The molecule has 0 spiro atoms. The fourth-order valence-corrected chi connectivity index (χ4v) is 1.24. The molecule has 0 aliphatic heterocycles. The summed E-state index contributed by atoms with van der Waals surface area (Å²) < 4.78 is 1.67. The van der Waals surface area contributed by atoms with E-state index in [2.05, 4.69) is 15.4 Å². The Morgan fingerprint density at radius 3 is 2.81 bits per heavy atom. The van der Waals surface area contributed by atoms with Crippen LogP contribution in [0.25, 0.3) is 0 Å². The lowest BCUT2D eigenvalue weighted by molar-refractivity contribution is 0.771. The van der Waals surface area contributed by atoms with E-state index in [1.54, 1.807) is 16.8 Å². The van der Waals surface area contributed by atoms with Crippen LogP contribution < -0.4 is 11.1 Å². The SMILES string of the molecule is Cn1ccc(Nc2ccc(N)c(C#N)n2)n1. The number of pyridine rings is 1. The number of rotatable bonds is 2. The number of anilines is 3. The summed E-state index contributed by atoms with van der Waals surface area (Å²) in [4.78, 5) is 4.05. The van der Waals surface area contributed by atoms with Crippen molar-refractivity contribution in [2.24, 2.45) is 7.05 Å². The number of aromatic nitrogens is 3. The summed E-state index contributed by atoms with van der Waals surface area (Å²) >= 11 is 0. The standard InChI is InChI=1S/C10H10N6/c1-16-5-4-10(15-16)14-9-3-2-7(12)8(6-11)13-9/h2-5H,12H2,1H3,(H,13,14,15). The van der Waals surface area contributed by atoms with Crippen LogP contribution in [-0.2, 0) is 7.05 Å². The van der Waals surface area contributed by atoms with Gasteiger partial charge in [0.05, 0.1) is 5.69 Å². The molecule has 0 unspecified atom stereocenters. The summed E-state index contributed by atoms with van der Waals surface area (Å²) in [5.74, 6) is 1.22. The molecule has 0 aliphatic carbocycles. The number of nitrogen functional groups attached to an aromatic ring is 1. The maximum absolute atomic E-state index is 8.77. The van der Waals surface area contributed by atoms with Crippen LogP contribution in [0.4, 0.5) is 17.3 Å². The van der Waals surface area contributed by atoms with Gasteiger partial charge in [0, 0.05) is 19.3 Å². The smallest absolute Gasteiger partial charge is 0.165 e. The van der Waals surface area contributed by atoms with Gasteiger partial charge in [-0.1, -0.05) is 0 Å². The first-order chi connectivity index (χ1) is 7.69. The fourth-order valence-electron chi connectivity index (χ4n) is 1.24. The second kappa shape index (κ2) is 3.90. The molecule has 2 aromatic rings. The summed E-state index contributed by atoms with van der Waals surface area (Å²) in [6.45, 7) is 0. The molecule has 6 heteroatoms. The normalized spacial score (nSPS) is 9.75. The molecule has 0 saturated carbocycles. The predicted octanol–water partition coefficient (Wildman–Crippen LogP) is 1.01. The molecule has 0 bridgehead atoms. The van der Waals surface area contributed by atoms with Gasteiger partial charge in [-0.3, -0.25) is 4.68 Å². The van der Waals surface area contributed by atoms with E-state index in [1.807, 2.05) is 25.4 Å². The molecule has 16 heavy (non-hydrogen) atoms. The zero-order valence-electron chi connectivity index (χ0n) is 8.68. The molecular weight excluding hydrogens is 204 g/mol. The number of nitriles is 1. The number of nitrogens with zero attached hydrogens (tertiary/aromatic N) is 4. The van der Waals surface area contributed by atoms with Gasteiger partial charge in [-0.15, -0.1) is 0 Å². The Morgan fingerprint density at radius 1 is 1.38 bits per heavy atom. The maximum atomic E-state index is 8.77. The Morgan fingerprint density at radius 2 is 2.19 bits per heavy atom. The average Bonchev–Trinajstić information content (AvgIpc) is 2.67. The predicted molar refractivity (Wildman–Crippen MR) is 59.9 cm³/mol. The third-order valence-corrected chi connectivity index (χ3v) is 2.00. The van der Waals surface area contributed by atoms with E-state index >= 15 is 0 Å². The lowest BCUT2D eigenvalue weighted by Crippen LogP contribution is -1.99. The molecule has 2 heterocycles. The van der Waals surface area contributed by atoms with Gasteiger partial charge in [-0.05, 0) is 12.1 Å². The van der Waals surface area contributed by atoms with Gasteiger partial charge >= 0.3 is 0 Å². The molecule has 0 fully saturated rings. The van der Waals surface area contributed by atoms with E-state index in [-0.39, 0.29) is 5.69 Å². The summed E-state index contributed by atoms with van der Waals surface area (Å²) in [5, 5.41) is 15.9. The van der Waals surface area contributed by atoms with Crippen molar-refractivity contribution in [2.45, 2.75) is 0 Å². The monoisotopic (exact) mass is 214 g/mol. The second-order valence-electron chi connectivity index (χ2n) is 3.25. The van der Waals surface area contributed by atoms with Crippen molar-refractivity contribution in [1.82, 2.24) is 14.8 Å². The summed E-state index contributed by atoms with van der Waals surface area (Å²) in [6.07, 6.45) is 1.81. The molecule has 0 amide bonds. The van der Waals surface area contributed by atoms with Gasteiger partial charge in [-0.2, -0.15) is 10.4 Å². The molecule has 0 radical (unpaired) electrons. The van der Waals surface area contributed by atoms with Crippen molar-refractivity contribution in [2.75, 3.05) is 11.1 Å². The molecule has 80 valence electrons. The summed E-state index contributed by atoms with van der Waals surface area (Å²) in [6, 6.07) is 7.07. The van der Waals surface area contributed by atoms with E-state index in [9.17, 15) is 0 Å². The molecule has 0 saturated heterocycles. The largest absolute Gasteiger partial charge is 0.396 e. The Bertz CT molecular complexity index is 551. The molecule has 0 atom stereocenters. The topological polar surface area (TPSA) is 92.6 Å². The highest BCUT2D eigenvalue weighted by Gasteiger charge is 2.03. The van der Waals surface area contributed by atoms with Crippen molar-refractivity contribution in [3.05, 3.63) is 30.1 Å². The number of aryl methyl sites for hydroxylation is 1. The fraction of sp³-hybridized carbons (Fsp3) is 0.100. The van der Waals surface area contributed by atoms with Gasteiger partial charge < -0.3 is 11.1 Å². The van der Waals surface area contributed by atoms with E-state index in [4.69, 9.17) is 11.0 Å². The van der Waals surface area contributed by atoms with Crippen molar-refractivity contribution in [1.29, 1.82) is 5.26 Å². The molecule has 0 aliphatic rings. The van der Waals surface area contributed by atoms with Crippen LogP contribution in [0.1, 0.15) is 5.69 Å². The maximum Gasteiger partial charge on any atom is 0.165 e. The third kappa shape index (κ3) is 1.93. The number of hydrogen-bond acceptors (Lipinski definition) is 5. The van der Waals surface area contributed by atoms with Crippen LogP contribution in [0.2, 0.25) is 0 Å².